The number of aryl methyl sites for hydroxylation is 3. The number of anilines is 1. The van der Waals surface area contributed by atoms with Crippen molar-refractivity contribution in [2.24, 2.45) is 0 Å². The van der Waals surface area contributed by atoms with Crippen LogP contribution in [-0.4, -0.2) is 41.0 Å². The van der Waals surface area contributed by atoms with Crippen LogP contribution in [0.5, 0.6) is 0 Å². The average molecular weight is 479 g/mol. The number of carbonyl (C=O) groups is 3. The number of benzene rings is 2. The molecule has 0 aliphatic carbocycles. The van der Waals surface area contributed by atoms with Crippen molar-refractivity contribution in [3.05, 3.63) is 64.7 Å². The molecule has 0 aliphatic rings. The zero-order chi connectivity index (χ0) is 26.3. The minimum Gasteiger partial charge on any atom is -0.444 e. The molecule has 3 amide bonds. The standard InChI is InChI=1S/C27H34N4O4/c1-17-14-18(2)16-21(15-17)23(24(32)30-22-11-9-8-10-19(22)3)31(13-12-28)25(33)20(4)29-26(34)35-27(5,6)7/h8-11,14-16,20,23H,13H2,1-7H3,(H,29,34)(H,30,32). The summed E-state index contributed by atoms with van der Waals surface area (Å²) in [5.74, 6) is -1.04. The van der Waals surface area contributed by atoms with Gasteiger partial charge < -0.3 is 20.3 Å². The molecule has 0 aromatic heterocycles. The highest BCUT2D eigenvalue weighted by Gasteiger charge is 2.35. The smallest absolute Gasteiger partial charge is 0.408 e. The normalized spacial score (nSPS) is 12.6. The zero-order valence-corrected chi connectivity index (χ0v) is 21.4. The Morgan fingerprint density at radius 1 is 1.06 bits per heavy atom. The van der Waals surface area contributed by atoms with Crippen molar-refractivity contribution >= 4 is 23.6 Å². The molecule has 0 aliphatic heterocycles. The van der Waals surface area contributed by atoms with E-state index < -0.39 is 35.6 Å². The Morgan fingerprint density at radius 2 is 1.66 bits per heavy atom. The molecule has 2 unspecified atom stereocenters. The summed E-state index contributed by atoms with van der Waals surface area (Å²) in [5, 5.41) is 14.9. The monoisotopic (exact) mass is 478 g/mol. The maximum absolute atomic E-state index is 13.6. The molecule has 0 saturated heterocycles. The van der Waals surface area contributed by atoms with Gasteiger partial charge in [-0.05, 0) is 65.7 Å². The van der Waals surface area contributed by atoms with E-state index in [2.05, 4.69) is 10.6 Å². The van der Waals surface area contributed by atoms with E-state index in [4.69, 9.17) is 4.74 Å². The molecular weight excluding hydrogens is 444 g/mol. The average Bonchev–Trinajstić information content (AvgIpc) is 2.72. The second kappa shape index (κ2) is 11.5. The van der Waals surface area contributed by atoms with Gasteiger partial charge in [0, 0.05) is 5.69 Å². The van der Waals surface area contributed by atoms with E-state index in [0.717, 1.165) is 16.7 Å². The third-order valence-electron chi connectivity index (χ3n) is 5.15. The molecule has 0 spiro atoms. The number of ether oxygens (including phenoxy) is 1. The number of para-hydroxylation sites is 1. The van der Waals surface area contributed by atoms with Crippen molar-refractivity contribution in [1.82, 2.24) is 10.2 Å². The van der Waals surface area contributed by atoms with E-state index in [1.165, 1.54) is 11.8 Å². The van der Waals surface area contributed by atoms with Crippen molar-refractivity contribution in [2.45, 2.75) is 66.2 Å². The fourth-order valence-electron chi connectivity index (χ4n) is 3.72. The van der Waals surface area contributed by atoms with Gasteiger partial charge >= 0.3 is 6.09 Å². The predicted octanol–water partition coefficient (Wildman–Crippen LogP) is 4.56. The van der Waals surface area contributed by atoms with Crippen LogP contribution >= 0.6 is 0 Å². The Hall–Kier alpha value is -3.86. The van der Waals surface area contributed by atoms with Crippen LogP contribution in [0.25, 0.3) is 0 Å². The van der Waals surface area contributed by atoms with Gasteiger partial charge in [-0.15, -0.1) is 0 Å². The number of hydrogen-bond acceptors (Lipinski definition) is 5. The Balaban J connectivity index is 2.46. The van der Waals surface area contributed by atoms with Crippen molar-refractivity contribution < 1.29 is 19.1 Å². The second-order valence-electron chi connectivity index (χ2n) is 9.62. The maximum Gasteiger partial charge on any atom is 0.408 e. The Morgan fingerprint density at radius 3 is 2.20 bits per heavy atom. The van der Waals surface area contributed by atoms with Crippen LogP contribution in [-0.2, 0) is 14.3 Å². The summed E-state index contributed by atoms with van der Waals surface area (Å²) >= 11 is 0. The minimum atomic E-state index is -1.09. The number of hydrogen-bond donors (Lipinski definition) is 2. The second-order valence-corrected chi connectivity index (χ2v) is 9.62. The van der Waals surface area contributed by atoms with Crippen molar-refractivity contribution in [3.63, 3.8) is 0 Å². The zero-order valence-electron chi connectivity index (χ0n) is 21.4. The van der Waals surface area contributed by atoms with Gasteiger partial charge in [0.05, 0.1) is 6.07 Å². The molecular formula is C27H34N4O4. The number of amides is 3. The topological polar surface area (TPSA) is 112 Å². The van der Waals surface area contributed by atoms with Crippen LogP contribution in [0.3, 0.4) is 0 Å². The first-order valence-corrected chi connectivity index (χ1v) is 11.4. The lowest BCUT2D eigenvalue weighted by Crippen LogP contribution is -2.51. The van der Waals surface area contributed by atoms with Gasteiger partial charge in [0.1, 0.15) is 24.2 Å². The molecule has 2 aromatic carbocycles. The number of alkyl carbamates (subject to hydrolysis) is 1. The van der Waals surface area contributed by atoms with Crippen LogP contribution in [0.4, 0.5) is 10.5 Å². The van der Waals surface area contributed by atoms with Gasteiger partial charge in [0.25, 0.3) is 5.91 Å². The third-order valence-corrected chi connectivity index (χ3v) is 5.15. The summed E-state index contributed by atoms with van der Waals surface area (Å²) in [4.78, 5) is 40.5. The molecule has 2 atom stereocenters. The molecule has 2 aromatic rings. The SMILES string of the molecule is Cc1cc(C)cc(C(C(=O)Nc2ccccc2C)N(CC#N)C(=O)C(C)NC(=O)OC(C)(C)C)c1. The first-order chi connectivity index (χ1) is 16.3. The molecule has 2 N–H and O–H groups in total. The van der Waals surface area contributed by atoms with Crippen molar-refractivity contribution in [1.29, 1.82) is 5.26 Å². The lowest BCUT2D eigenvalue weighted by molar-refractivity contribution is -0.139. The number of nitrogens with zero attached hydrogens (tertiary/aromatic N) is 2. The molecule has 8 heteroatoms. The van der Waals surface area contributed by atoms with Crippen molar-refractivity contribution in [2.75, 3.05) is 11.9 Å². The van der Waals surface area contributed by atoms with E-state index in [-0.39, 0.29) is 6.54 Å². The molecule has 2 rings (SSSR count). The Kier molecular flexibility index (Phi) is 9.01. The lowest BCUT2D eigenvalue weighted by atomic mass is 9.98. The fourth-order valence-corrected chi connectivity index (χ4v) is 3.72. The predicted molar refractivity (Wildman–Crippen MR) is 135 cm³/mol. The molecule has 186 valence electrons. The van der Waals surface area contributed by atoms with Crippen LogP contribution in [0.2, 0.25) is 0 Å². The third kappa shape index (κ3) is 7.85. The van der Waals surface area contributed by atoms with Gasteiger partial charge in [0.2, 0.25) is 5.91 Å². The van der Waals surface area contributed by atoms with E-state index in [0.29, 0.717) is 11.3 Å². The van der Waals surface area contributed by atoms with E-state index in [9.17, 15) is 19.6 Å². The van der Waals surface area contributed by atoms with Gasteiger partial charge in [-0.3, -0.25) is 9.59 Å². The number of nitrogens with one attached hydrogen (secondary N) is 2. The number of nitriles is 1. The van der Waals surface area contributed by atoms with E-state index >= 15 is 0 Å². The number of rotatable bonds is 7. The van der Waals surface area contributed by atoms with Gasteiger partial charge in [-0.25, -0.2) is 4.79 Å². The highest BCUT2D eigenvalue weighted by molar-refractivity contribution is 5.99. The number of carbonyl (C=O) groups excluding carboxylic acids is 3. The highest BCUT2D eigenvalue weighted by atomic mass is 16.6. The molecule has 0 saturated carbocycles. The van der Waals surface area contributed by atoms with Gasteiger partial charge in [0.15, 0.2) is 0 Å². The molecule has 0 radical (unpaired) electrons. The van der Waals surface area contributed by atoms with Crippen LogP contribution in [0.15, 0.2) is 42.5 Å². The lowest BCUT2D eigenvalue weighted by Gasteiger charge is -2.32. The largest absolute Gasteiger partial charge is 0.444 e. The van der Waals surface area contributed by atoms with Crippen LogP contribution < -0.4 is 10.6 Å². The van der Waals surface area contributed by atoms with Crippen molar-refractivity contribution in [3.8, 4) is 6.07 Å². The molecule has 0 fully saturated rings. The summed E-state index contributed by atoms with van der Waals surface area (Å²) in [6, 6.07) is 12.8. The first-order valence-electron chi connectivity index (χ1n) is 11.4. The Labute approximate surface area is 207 Å². The van der Waals surface area contributed by atoms with Crippen LogP contribution in [0, 0.1) is 32.1 Å². The summed E-state index contributed by atoms with van der Waals surface area (Å²) in [5.41, 5.74) is 3.13. The summed E-state index contributed by atoms with van der Waals surface area (Å²) < 4.78 is 5.25. The summed E-state index contributed by atoms with van der Waals surface area (Å²) in [6.45, 7) is 12.0. The van der Waals surface area contributed by atoms with E-state index in [1.807, 2.05) is 57.2 Å². The molecule has 0 bridgehead atoms. The van der Waals surface area contributed by atoms with Gasteiger partial charge in [-0.1, -0.05) is 47.5 Å². The highest BCUT2D eigenvalue weighted by Crippen LogP contribution is 2.27. The van der Waals surface area contributed by atoms with Gasteiger partial charge in [-0.2, -0.15) is 5.26 Å². The quantitative estimate of drug-likeness (QED) is 0.567. The molecule has 8 nitrogen and oxygen atoms in total. The first kappa shape index (κ1) is 27.4. The van der Waals surface area contributed by atoms with E-state index in [1.54, 1.807) is 32.9 Å². The molecule has 0 heterocycles. The minimum absolute atomic E-state index is 0.349. The fraction of sp³-hybridized carbons (Fsp3) is 0.407. The Bertz CT molecular complexity index is 1110. The maximum atomic E-state index is 13.6. The van der Waals surface area contributed by atoms with Crippen LogP contribution in [0.1, 0.15) is 56.0 Å². The summed E-state index contributed by atoms with van der Waals surface area (Å²) in [7, 11) is 0. The molecule has 35 heavy (non-hydrogen) atoms. The summed E-state index contributed by atoms with van der Waals surface area (Å²) in [6.07, 6.45) is -0.762.